The molecule has 2 aromatic carbocycles. The first kappa shape index (κ1) is 37.4. The molecule has 0 aliphatic carbocycles. The van der Waals surface area contributed by atoms with Crippen LogP contribution in [0.4, 0.5) is 35.4 Å². The number of piperazine rings is 1. The molecule has 4 heterocycles. The number of anilines is 3. The number of rotatable bonds is 12. The Morgan fingerprint density at radius 3 is 2.46 bits per heavy atom. The SMILES string of the molecule is CNC(=O)N(CCC=O)c1nn(CC(F)(F)F)c2cc(N3CCN(Cc4cccc(S(=O)N5CCC(Nc6ncc(Cl)cn6)CC5)c4)CC3)ccc12. The van der Waals surface area contributed by atoms with Gasteiger partial charge in [0.15, 0.2) is 5.82 Å². The number of carbonyl (C=O) groups is 2. The fourth-order valence-corrected chi connectivity index (χ4v) is 7.90. The Labute approximate surface area is 306 Å². The Bertz CT molecular complexity index is 1880. The molecule has 2 aliphatic rings. The molecule has 0 spiro atoms. The minimum absolute atomic E-state index is 0.00522. The van der Waals surface area contributed by atoms with Gasteiger partial charge in [-0.1, -0.05) is 23.7 Å². The van der Waals surface area contributed by atoms with Gasteiger partial charge in [0.05, 0.1) is 27.8 Å². The van der Waals surface area contributed by atoms with Gasteiger partial charge in [-0.05, 0) is 48.7 Å². The predicted octanol–water partition coefficient (Wildman–Crippen LogP) is 4.70. The van der Waals surface area contributed by atoms with Crippen molar-refractivity contribution in [2.24, 2.45) is 0 Å². The molecule has 0 bridgehead atoms. The highest BCUT2D eigenvalue weighted by Crippen LogP contribution is 2.33. The number of fused-ring (bicyclic) bond motifs is 1. The van der Waals surface area contributed by atoms with Crippen molar-refractivity contribution in [2.45, 2.75) is 49.5 Å². The molecule has 278 valence electrons. The molecule has 13 nitrogen and oxygen atoms in total. The van der Waals surface area contributed by atoms with E-state index in [0.717, 1.165) is 33.7 Å². The van der Waals surface area contributed by atoms with Crippen LogP contribution in [0, 0.1) is 0 Å². The van der Waals surface area contributed by atoms with Crippen LogP contribution in [0.5, 0.6) is 0 Å². The molecule has 18 heteroatoms. The lowest BCUT2D eigenvalue weighted by Crippen LogP contribution is -2.46. The molecule has 52 heavy (non-hydrogen) atoms. The molecule has 1 atom stereocenters. The number of benzene rings is 2. The molecule has 4 aromatic rings. The van der Waals surface area contributed by atoms with Crippen molar-refractivity contribution < 1.29 is 27.0 Å². The van der Waals surface area contributed by atoms with Crippen LogP contribution >= 0.6 is 11.6 Å². The molecule has 2 aromatic heterocycles. The van der Waals surface area contributed by atoms with Crippen LogP contribution in [-0.2, 0) is 28.9 Å². The molecule has 1 unspecified atom stereocenters. The number of hydrogen-bond donors (Lipinski definition) is 2. The van der Waals surface area contributed by atoms with E-state index in [9.17, 15) is 27.0 Å². The normalized spacial score (nSPS) is 16.9. The summed E-state index contributed by atoms with van der Waals surface area (Å²) in [5.41, 5.74) is 2.04. The molecule has 0 saturated carbocycles. The lowest BCUT2D eigenvalue weighted by molar-refractivity contribution is -0.141. The standard InChI is InChI=1S/C34H40ClF3N10O3S/c1-39-33(50)47(10-3-17-49)31-29-7-6-27(19-30(29)48(43-31)23-34(36,37)38)45-15-13-44(14-16-45)22-24-4-2-5-28(18-24)52(51)46-11-8-26(9-12-46)42-32-40-20-25(35)21-41-32/h2,4-7,17-21,26H,3,8-16,22-23H2,1H3,(H,39,50)(H,40,41,42). The van der Waals surface area contributed by atoms with Gasteiger partial charge in [0, 0.05) is 82.9 Å². The van der Waals surface area contributed by atoms with Gasteiger partial charge in [-0.3, -0.25) is 14.5 Å². The average Bonchev–Trinajstić information content (AvgIpc) is 3.48. The quantitative estimate of drug-likeness (QED) is 0.198. The number of amides is 2. The van der Waals surface area contributed by atoms with Crippen molar-refractivity contribution >= 4 is 63.3 Å². The number of halogens is 4. The number of nitrogens with zero attached hydrogens (tertiary/aromatic N) is 8. The third kappa shape index (κ3) is 9.18. The summed E-state index contributed by atoms with van der Waals surface area (Å²) in [6, 6.07) is 12.6. The highest BCUT2D eigenvalue weighted by molar-refractivity contribution is 7.82. The minimum Gasteiger partial charge on any atom is -0.369 e. The molecular formula is C34H40ClF3N10O3S. The summed E-state index contributed by atoms with van der Waals surface area (Å²) >= 11 is 5.88. The molecular weight excluding hydrogens is 721 g/mol. The number of piperidine rings is 1. The van der Waals surface area contributed by atoms with Crippen LogP contribution in [0.15, 0.2) is 59.8 Å². The first-order valence-corrected chi connectivity index (χ1v) is 18.5. The number of aldehydes is 1. The molecule has 2 saturated heterocycles. The van der Waals surface area contributed by atoms with E-state index in [2.05, 4.69) is 35.5 Å². The maximum atomic E-state index is 13.6. The third-order valence-corrected chi connectivity index (χ3v) is 10.8. The van der Waals surface area contributed by atoms with E-state index in [-0.39, 0.29) is 30.3 Å². The summed E-state index contributed by atoms with van der Waals surface area (Å²) < 4.78 is 57.2. The van der Waals surface area contributed by atoms with Crippen LogP contribution in [0.1, 0.15) is 24.8 Å². The lowest BCUT2D eigenvalue weighted by Gasteiger charge is -2.36. The van der Waals surface area contributed by atoms with Gasteiger partial charge in [0.2, 0.25) is 5.95 Å². The Kier molecular flexibility index (Phi) is 11.9. The topological polar surface area (TPSA) is 132 Å². The maximum absolute atomic E-state index is 13.6. The molecule has 2 fully saturated rings. The Balaban J connectivity index is 1.07. The zero-order valence-corrected chi connectivity index (χ0v) is 30.1. The highest BCUT2D eigenvalue weighted by atomic mass is 35.5. The minimum atomic E-state index is -4.54. The predicted molar refractivity (Wildman–Crippen MR) is 194 cm³/mol. The maximum Gasteiger partial charge on any atom is 0.408 e. The van der Waals surface area contributed by atoms with Gasteiger partial charge in [0.25, 0.3) is 0 Å². The molecule has 6 rings (SSSR count). The van der Waals surface area contributed by atoms with Gasteiger partial charge in [-0.2, -0.15) is 18.3 Å². The summed E-state index contributed by atoms with van der Waals surface area (Å²) in [7, 11) is 0.111. The number of carbonyl (C=O) groups excluding carboxylic acids is 2. The van der Waals surface area contributed by atoms with Crippen molar-refractivity contribution in [1.82, 2.24) is 34.3 Å². The van der Waals surface area contributed by atoms with Gasteiger partial charge < -0.3 is 20.3 Å². The van der Waals surface area contributed by atoms with Crippen LogP contribution in [0.2, 0.25) is 5.02 Å². The van der Waals surface area contributed by atoms with E-state index in [1.165, 1.54) is 11.9 Å². The number of nitrogens with one attached hydrogen (secondary N) is 2. The zero-order valence-electron chi connectivity index (χ0n) is 28.6. The highest BCUT2D eigenvalue weighted by Gasteiger charge is 2.32. The molecule has 0 radical (unpaired) electrons. The van der Waals surface area contributed by atoms with Crippen LogP contribution in [0.3, 0.4) is 0 Å². The van der Waals surface area contributed by atoms with E-state index in [0.29, 0.717) is 68.5 Å². The first-order chi connectivity index (χ1) is 25.0. The fourth-order valence-electron chi connectivity index (χ4n) is 6.51. The Morgan fingerprint density at radius 1 is 1.06 bits per heavy atom. The second-order valence-electron chi connectivity index (χ2n) is 12.7. The monoisotopic (exact) mass is 760 g/mol. The summed E-state index contributed by atoms with van der Waals surface area (Å²) in [5, 5.41) is 10.9. The third-order valence-electron chi connectivity index (χ3n) is 9.12. The Morgan fingerprint density at radius 2 is 1.79 bits per heavy atom. The number of aromatic nitrogens is 4. The zero-order chi connectivity index (χ0) is 36.8. The van der Waals surface area contributed by atoms with E-state index in [1.54, 1.807) is 24.5 Å². The van der Waals surface area contributed by atoms with Crippen molar-refractivity contribution in [3.63, 3.8) is 0 Å². The second-order valence-corrected chi connectivity index (χ2v) is 14.6. The average molecular weight is 761 g/mol. The summed E-state index contributed by atoms with van der Waals surface area (Å²) in [5.74, 6) is 0.588. The number of urea groups is 1. The first-order valence-electron chi connectivity index (χ1n) is 17.0. The lowest BCUT2D eigenvalue weighted by atomic mass is 10.1. The summed E-state index contributed by atoms with van der Waals surface area (Å²) in [6.07, 6.45) is 0.821. The van der Waals surface area contributed by atoms with Gasteiger partial charge in [0.1, 0.15) is 23.8 Å². The number of hydrogen-bond acceptors (Lipinski definition) is 9. The fraction of sp³-hybridized carbons (Fsp3) is 0.441. The van der Waals surface area contributed by atoms with Crippen LogP contribution in [-0.4, -0.2) is 111 Å². The van der Waals surface area contributed by atoms with Crippen LogP contribution < -0.4 is 20.4 Å². The largest absolute Gasteiger partial charge is 0.408 e. The van der Waals surface area contributed by atoms with E-state index in [1.807, 2.05) is 34.6 Å². The summed E-state index contributed by atoms with van der Waals surface area (Å²) in [4.78, 5) is 38.4. The van der Waals surface area contributed by atoms with Crippen LogP contribution in [0.25, 0.3) is 10.9 Å². The van der Waals surface area contributed by atoms with Crippen molar-refractivity contribution in [3.8, 4) is 0 Å². The van der Waals surface area contributed by atoms with E-state index in [4.69, 9.17) is 11.6 Å². The summed E-state index contributed by atoms with van der Waals surface area (Å²) in [6.45, 7) is 3.37. The second kappa shape index (κ2) is 16.6. The molecule has 2 aliphatic heterocycles. The smallest absolute Gasteiger partial charge is 0.369 e. The van der Waals surface area contributed by atoms with Gasteiger partial charge in [-0.25, -0.2) is 23.3 Å². The van der Waals surface area contributed by atoms with E-state index < -0.39 is 29.7 Å². The van der Waals surface area contributed by atoms with Crippen molar-refractivity contribution in [3.05, 3.63) is 65.4 Å². The van der Waals surface area contributed by atoms with Crippen molar-refractivity contribution in [1.29, 1.82) is 0 Å². The Hall–Kier alpha value is -4.32. The number of alkyl halides is 3. The molecule has 2 amide bonds. The van der Waals surface area contributed by atoms with Gasteiger partial charge in [-0.15, -0.1) is 0 Å². The van der Waals surface area contributed by atoms with Crippen molar-refractivity contribution in [2.75, 3.05) is 68.0 Å². The van der Waals surface area contributed by atoms with Gasteiger partial charge >= 0.3 is 12.2 Å². The van der Waals surface area contributed by atoms with E-state index >= 15 is 0 Å². The molecule has 2 N–H and O–H groups in total.